The lowest BCUT2D eigenvalue weighted by Gasteiger charge is -2.38. The predicted molar refractivity (Wildman–Crippen MR) is 89.5 cm³/mol. The van der Waals surface area contributed by atoms with Gasteiger partial charge in [0, 0.05) is 6.42 Å². The van der Waals surface area contributed by atoms with Crippen molar-refractivity contribution in [3.63, 3.8) is 0 Å². The maximum Gasteiger partial charge on any atom is 0.325 e. The van der Waals surface area contributed by atoms with Crippen molar-refractivity contribution in [2.75, 3.05) is 26.4 Å². The molecule has 1 atom stereocenters. The van der Waals surface area contributed by atoms with Crippen LogP contribution >= 0.6 is 0 Å². The van der Waals surface area contributed by atoms with Crippen LogP contribution in [0.3, 0.4) is 0 Å². The molecule has 0 bridgehead atoms. The molecule has 0 radical (unpaired) electrons. The highest BCUT2D eigenvalue weighted by Crippen LogP contribution is 2.36. The summed E-state index contributed by atoms with van der Waals surface area (Å²) in [4.78, 5) is 26.3. The first kappa shape index (κ1) is 18.7. The summed E-state index contributed by atoms with van der Waals surface area (Å²) in [6.07, 6.45) is 1.46. The Morgan fingerprint density at radius 3 is 2.31 bits per heavy atom. The molecule has 3 rings (SSSR count). The molecule has 0 saturated carbocycles. The Hall–Kier alpha value is -2.09. The molecule has 5 nitrogen and oxygen atoms in total. The van der Waals surface area contributed by atoms with Gasteiger partial charge in [-0.2, -0.15) is 0 Å². The minimum atomic E-state index is -1.42. The minimum Gasteiger partial charge on any atom is -0.322 e. The van der Waals surface area contributed by atoms with Crippen LogP contribution < -0.4 is 10.6 Å². The minimum absolute atomic E-state index is 0.157. The van der Waals surface area contributed by atoms with E-state index in [4.69, 9.17) is 0 Å². The molecule has 2 N–H and O–H groups in total. The van der Waals surface area contributed by atoms with E-state index in [-0.39, 0.29) is 12.3 Å². The van der Waals surface area contributed by atoms with E-state index in [0.29, 0.717) is 36.4 Å². The maximum absolute atomic E-state index is 13.2. The molecule has 142 valence electrons. The van der Waals surface area contributed by atoms with Gasteiger partial charge in [-0.05, 0) is 49.5 Å². The number of carbonyl (C=O) groups excluding carboxylic acids is 2. The van der Waals surface area contributed by atoms with E-state index in [2.05, 4.69) is 10.6 Å². The van der Waals surface area contributed by atoms with Gasteiger partial charge < -0.3 is 10.6 Å². The van der Waals surface area contributed by atoms with E-state index in [0.717, 1.165) is 0 Å². The first-order valence-corrected chi connectivity index (χ1v) is 8.74. The van der Waals surface area contributed by atoms with Crippen LogP contribution in [0.15, 0.2) is 24.3 Å². The standard InChI is InChI=1S/C18H22F3N3O2/c19-10-15(11-20)24-16(25)18(23-17(24)26,13-5-7-22-8-6-13)9-12-1-3-14(21)4-2-12/h1-4,13,15,22H,5-11H2,(H,23,26)/t18-/m0/s1. The summed E-state index contributed by atoms with van der Waals surface area (Å²) in [5.74, 6) is -1.17. The topological polar surface area (TPSA) is 61.4 Å². The fourth-order valence-corrected chi connectivity index (χ4v) is 3.90. The van der Waals surface area contributed by atoms with Crippen LogP contribution in [0.25, 0.3) is 0 Å². The van der Waals surface area contributed by atoms with Crippen LogP contribution in [-0.2, 0) is 11.2 Å². The number of halogens is 3. The fourth-order valence-electron chi connectivity index (χ4n) is 3.90. The molecule has 26 heavy (non-hydrogen) atoms. The molecule has 2 fully saturated rings. The number of urea groups is 1. The molecule has 0 unspecified atom stereocenters. The zero-order chi connectivity index (χ0) is 18.7. The van der Waals surface area contributed by atoms with Crippen molar-refractivity contribution in [2.24, 2.45) is 5.92 Å². The average molecular weight is 369 g/mol. The molecule has 0 spiro atoms. The molecule has 2 heterocycles. The second kappa shape index (κ2) is 7.65. The van der Waals surface area contributed by atoms with Crippen molar-refractivity contribution in [1.82, 2.24) is 15.5 Å². The lowest BCUT2D eigenvalue weighted by atomic mass is 9.74. The van der Waals surface area contributed by atoms with Crippen LogP contribution in [-0.4, -0.2) is 54.9 Å². The van der Waals surface area contributed by atoms with E-state index in [1.807, 2.05) is 0 Å². The lowest BCUT2D eigenvalue weighted by molar-refractivity contribution is -0.135. The number of hydrogen-bond donors (Lipinski definition) is 2. The number of piperidine rings is 1. The van der Waals surface area contributed by atoms with E-state index in [9.17, 15) is 22.8 Å². The molecule has 3 amide bonds. The van der Waals surface area contributed by atoms with Crippen molar-refractivity contribution in [3.8, 4) is 0 Å². The van der Waals surface area contributed by atoms with Crippen LogP contribution in [0.5, 0.6) is 0 Å². The Morgan fingerprint density at radius 1 is 1.12 bits per heavy atom. The summed E-state index contributed by atoms with van der Waals surface area (Å²) >= 11 is 0. The Labute approximate surface area is 149 Å². The number of carbonyl (C=O) groups is 2. The molecule has 0 aromatic heterocycles. The summed E-state index contributed by atoms with van der Waals surface area (Å²) in [6.45, 7) is -0.883. The van der Waals surface area contributed by atoms with E-state index in [1.165, 1.54) is 12.1 Å². The Morgan fingerprint density at radius 2 is 1.73 bits per heavy atom. The highest BCUT2D eigenvalue weighted by Gasteiger charge is 2.57. The monoisotopic (exact) mass is 369 g/mol. The predicted octanol–water partition coefficient (Wildman–Crippen LogP) is 1.97. The summed E-state index contributed by atoms with van der Waals surface area (Å²) in [5.41, 5.74) is -0.586. The normalized spacial score (nSPS) is 24.4. The van der Waals surface area contributed by atoms with Crippen LogP contribution in [0, 0.1) is 11.7 Å². The Balaban J connectivity index is 1.96. The second-order valence-electron chi connectivity index (χ2n) is 6.87. The lowest BCUT2D eigenvalue weighted by Crippen LogP contribution is -2.57. The summed E-state index contributed by atoms with van der Waals surface area (Å²) in [6, 6.07) is 3.51. The number of alkyl halides is 2. The number of imide groups is 1. The van der Waals surface area contributed by atoms with Gasteiger partial charge in [-0.15, -0.1) is 0 Å². The van der Waals surface area contributed by atoms with Gasteiger partial charge in [0.1, 0.15) is 24.7 Å². The Bertz CT molecular complexity index is 660. The quantitative estimate of drug-likeness (QED) is 0.754. The van der Waals surface area contributed by atoms with E-state index in [1.54, 1.807) is 12.1 Å². The Kier molecular flexibility index (Phi) is 5.50. The van der Waals surface area contributed by atoms with Crippen molar-refractivity contribution < 1.29 is 22.8 Å². The van der Waals surface area contributed by atoms with Crippen LogP contribution in [0.2, 0.25) is 0 Å². The van der Waals surface area contributed by atoms with Crippen molar-refractivity contribution >= 4 is 11.9 Å². The molecule has 2 aliphatic heterocycles. The first-order valence-electron chi connectivity index (χ1n) is 8.74. The summed E-state index contributed by atoms with van der Waals surface area (Å²) < 4.78 is 39.5. The van der Waals surface area contributed by atoms with Gasteiger partial charge >= 0.3 is 6.03 Å². The van der Waals surface area contributed by atoms with Gasteiger partial charge in [0.05, 0.1) is 6.04 Å². The fraction of sp³-hybridized carbons (Fsp3) is 0.556. The summed E-state index contributed by atoms with van der Waals surface area (Å²) in [7, 11) is 0. The van der Waals surface area contributed by atoms with Gasteiger partial charge in [-0.1, -0.05) is 12.1 Å². The molecular weight excluding hydrogens is 347 g/mol. The smallest absolute Gasteiger partial charge is 0.322 e. The van der Waals surface area contributed by atoms with Crippen molar-refractivity contribution in [2.45, 2.75) is 30.8 Å². The second-order valence-corrected chi connectivity index (χ2v) is 6.87. The molecule has 1 aromatic rings. The highest BCUT2D eigenvalue weighted by molar-refractivity contribution is 6.07. The largest absolute Gasteiger partial charge is 0.325 e. The van der Waals surface area contributed by atoms with Crippen molar-refractivity contribution in [3.05, 3.63) is 35.6 Å². The molecule has 8 heteroatoms. The zero-order valence-electron chi connectivity index (χ0n) is 14.3. The number of nitrogens with zero attached hydrogens (tertiary/aromatic N) is 1. The van der Waals surface area contributed by atoms with Gasteiger partial charge in [0.15, 0.2) is 0 Å². The van der Waals surface area contributed by atoms with Crippen LogP contribution in [0.4, 0.5) is 18.0 Å². The third kappa shape index (κ3) is 3.30. The summed E-state index contributed by atoms with van der Waals surface area (Å²) in [5, 5.41) is 5.93. The number of nitrogens with one attached hydrogen (secondary N) is 2. The van der Waals surface area contributed by atoms with Crippen molar-refractivity contribution in [1.29, 1.82) is 0 Å². The molecule has 0 aliphatic carbocycles. The highest BCUT2D eigenvalue weighted by atomic mass is 19.1. The number of benzene rings is 1. The van der Waals surface area contributed by atoms with Gasteiger partial charge in [-0.25, -0.2) is 18.0 Å². The van der Waals surface area contributed by atoms with Gasteiger partial charge in [-0.3, -0.25) is 9.69 Å². The first-order chi connectivity index (χ1) is 12.5. The molecular formula is C18H22F3N3O2. The number of amides is 3. The van der Waals surface area contributed by atoms with Gasteiger partial charge in [0.25, 0.3) is 5.91 Å². The maximum atomic E-state index is 13.2. The third-order valence-corrected chi connectivity index (χ3v) is 5.30. The number of hydrogen-bond acceptors (Lipinski definition) is 3. The van der Waals surface area contributed by atoms with Gasteiger partial charge in [0.2, 0.25) is 0 Å². The average Bonchev–Trinajstić information content (AvgIpc) is 2.91. The van der Waals surface area contributed by atoms with E-state index < -0.39 is 42.7 Å². The van der Waals surface area contributed by atoms with E-state index >= 15 is 0 Å². The zero-order valence-corrected chi connectivity index (χ0v) is 14.3. The number of rotatable bonds is 6. The van der Waals surface area contributed by atoms with Crippen LogP contribution in [0.1, 0.15) is 18.4 Å². The third-order valence-electron chi connectivity index (χ3n) is 5.30. The SMILES string of the molecule is O=C1N[C@@](Cc2ccc(F)cc2)(C2CCNCC2)C(=O)N1C(CF)CF. The molecule has 1 aromatic carbocycles. The molecule has 2 aliphatic rings. The molecule has 2 saturated heterocycles.